The SMILES string of the molecule is COc1cccc(CNCc2ccc(C)o2)c1O. The second-order valence-electron chi connectivity index (χ2n) is 4.08. The highest BCUT2D eigenvalue weighted by atomic mass is 16.5. The fourth-order valence-corrected chi connectivity index (χ4v) is 1.78. The van der Waals surface area contributed by atoms with Crippen LogP contribution >= 0.6 is 0 Å². The first-order chi connectivity index (χ1) is 8.70. The highest BCUT2D eigenvalue weighted by Gasteiger charge is 2.06. The Morgan fingerprint density at radius 1 is 1.22 bits per heavy atom. The molecule has 0 spiro atoms. The summed E-state index contributed by atoms with van der Waals surface area (Å²) >= 11 is 0. The molecule has 0 radical (unpaired) electrons. The summed E-state index contributed by atoms with van der Waals surface area (Å²) in [5.41, 5.74) is 0.803. The van der Waals surface area contributed by atoms with Gasteiger partial charge >= 0.3 is 0 Å². The molecular weight excluding hydrogens is 230 g/mol. The predicted molar refractivity (Wildman–Crippen MR) is 68.6 cm³/mol. The predicted octanol–water partition coefficient (Wildman–Crippen LogP) is 2.59. The maximum atomic E-state index is 9.90. The van der Waals surface area contributed by atoms with E-state index in [9.17, 15) is 5.11 Å². The van der Waals surface area contributed by atoms with Crippen molar-refractivity contribution < 1.29 is 14.3 Å². The molecule has 18 heavy (non-hydrogen) atoms. The van der Waals surface area contributed by atoms with Crippen molar-refractivity contribution >= 4 is 0 Å². The van der Waals surface area contributed by atoms with Gasteiger partial charge in [-0.3, -0.25) is 0 Å². The Hall–Kier alpha value is -1.94. The van der Waals surface area contributed by atoms with E-state index in [1.54, 1.807) is 6.07 Å². The van der Waals surface area contributed by atoms with Crippen molar-refractivity contribution in [2.75, 3.05) is 7.11 Å². The van der Waals surface area contributed by atoms with Gasteiger partial charge in [-0.1, -0.05) is 12.1 Å². The summed E-state index contributed by atoms with van der Waals surface area (Å²) in [5, 5.41) is 13.1. The maximum absolute atomic E-state index is 9.90. The van der Waals surface area contributed by atoms with E-state index in [0.717, 1.165) is 17.1 Å². The van der Waals surface area contributed by atoms with E-state index < -0.39 is 0 Å². The minimum absolute atomic E-state index is 0.183. The smallest absolute Gasteiger partial charge is 0.162 e. The number of furan rings is 1. The van der Waals surface area contributed by atoms with Gasteiger partial charge in [-0.25, -0.2) is 0 Å². The second kappa shape index (κ2) is 5.60. The fraction of sp³-hybridized carbons (Fsp3) is 0.286. The minimum atomic E-state index is 0.183. The average molecular weight is 247 g/mol. The number of aromatic hydroxyl groups is 1. The van der Waals surface area contributed by atoms with Crippen LogP contribution in [0, 0.1) is 6.92 Å². The van der Waals surface area contributed by atoms with E-state index in [-0.39, 0.29) is 5.75 Å². The Labute approximate surface area is 106 Å². The molecule has 0 atom stereocenters. The molecule has 2 aromatic rings. The quantitative estimate of drug-likeness (QED) is 0.852. The Bertz CT molecular complexity index is 520. The highest BCUT2D eigenvalue weighted by molar-refractivity contribution is 5.45. The van der Waals surface area contributed by atoms with Gasteiger partial charge in [0.25, 0.3) is 0 Å². The number of hydrogen-bond acceptors (Lipinski definition) is 4. The van der Waals surface area contributed by atoms with Gasteiger partial charge in [-0.05, 0) is 25.1 Å². The van der Waals surface area contributed by atoms with Gasteiger partial charge in [-0.15, -0.1) is 0 Å². The van der Waals surface area contributed by atoms with E-state index in [2.05, 4.69) is 5.32 Å². The van der Waals surface area contributed by atoms with E-state index in [0.29, 0.717) is 18.8 Å². The Morgan fingerprint density at radius 3 is 2.72 bits per heavy atom. The van der Waals surface area contributed by atoms with Crippen molar-refractivity contribution in [2.24, 2.45) is 0 Å². The number of aryl methyl sites for hydroxylation is 1. The van der Waals surface area contributed by atoms with Gasteiger partial charge in [0, 0.05) is 12.1 Å². The summed E-state index contributed by atoms with van der Waals surface area (Å²) in [6, 6.07) is 9.31. The lowest BCUT2D eigenvalue weighted by Crippen LogP contribution is -2.12. The monoisotopic (exact) mass is 247 g/mol. The van der Waals surface area contributed by atoms with Gasteiger partial charge < -0.3 is 19.6 Å². The summed E-state index contributed by atoms with van der Waals surface area (Å²) < 4.78 is 10.5. The number of benzene rings is 1. The third-order valence-corrected chi connectivity index (χ3v) is 2.71. The van der Waals surface area contributed by atoms with Crippen molar-refractivity contribution in [2.45, 2.75) is 20.0 Å². The first kappa shape index (κ1) is 12.5. The molecule has 0 bridgehead atoms. The number of rotatable bonds is 5. The van der Waals surface area contributed by atoms with Gasteiger partial charge in [0.2, 0.25) is 0 Å². The lowest BCUT2D eigenvalue weighted by molar-refractivity contribution is 0.369. The third-order valence-electron chi connectivity index (χ3n) is 2.71. The summed E-state index contributed by atoms with van der Waals surface area (Å²) in [5.74, 6) is 2.46. The highest BCUT2D eigenvalue weighted by Crippen LogP contribution is 2.29. The van der Waals surface area contributed by atoms with Gasteiger partial charge in [0.05, 0.1) is 13.7 Å². The van der Waals surface area contributed by atoms with Crippen LogP contribution in [-0.2, 0) is 13.1 Å². The number of nitrogens with one attached hydrogen (secondary N) is 1. The zero-order valence-corrected chi connectivity index (χ0v) is 10.6. The Morgan fingerprint density at radius 2 is 2.06 bits per heavy atom. The lowest BCUT2D eigenvalue weighted by atomic mass is 10.2. The van der Waals surface area contributed by atoms with Crippen LogP contribution in [-0.4, -0.2) is 12.2 Å². The third kappa shape index (κ3) is 2.84. The molecule has 0 saturated carbocycles. The van der Waals surface area contributed by atoms with Crippen molar-refractivity contribution in [3.8, 4) is 11.5 Å². The fourth-order valence-electron chi connectivity index (χ4n) is 1.78. The Balaban J connectivity index is 1.94. The molecular formula is C14H17NO3. The van der Waals surface area contributed by atoms with Crippen molar-refractivity contribution in [1.29, 1.82) is 0 Å². The van der Waals surface area contributed by atoms with E-state index in [1.807, 2.05) is 31.2 Å². The van der Waals surface area contributed by atoms with Crippen LogP contribution in [0.5, 0.6) is 11.5 Å². The zero-order valence-electron chi connectivity index (χ0n) is 10.6. The van der Waals surface area contributed by atoms with E-state index in [4.69, 9.17) is 9.15 Å². The molecule has 4 nitrogen and oxygen atoms in total. The van der Waals surface area contributed by atoms with Gasteiger partial charge in [0.1, 0.15) is 11.5 Å². The molecule has 2 N–H and O–H groups in total. The van der Waals surface area contributed by atoms with Crippen molar-refractivity contribution in [1.82, 2.24) is 5.32 Å². The normalized spacial score (nSPS) is 10.6. The second-order valence-corrected chi connectivity index (χ2v) is 4.08. The standard InChI is InChI=1S/C14H17NO3/c1-10-6-7-12(18-10)9-15-8-11-4-3-5-13(17-2)14(11)16/h3-7,15-16H,8-9H2,1-2H3. The van der Waals surface area contributed by atoms with Crippen LogP contribution in [0.4, 0.5) is 0 Å². The maximum Gasteiger partial charge on any atom is 0.162 e. The number of phenolic OH excluding ortho intramolecular Hbond substituents is 1. The number of para-hydroxylation sites is 1. The molecule has 0 aliphatic rings. The molecule has 0 saturated heterocycles. The molecule has 0 fully saturated rings. The Kier molecular flexibility index (Phi) is 3.89. The van der Waals surface area contributed by atoms with Gasteiger partial charge in [0.15, 0.2) is 11.5 Å². The number of hydrogen-bond donors (Lipinski definition) is 2. The molecule has 0 amide bonds. The zero-order chi connectivity index (χ0) is 13.0. The summed E-state index contributed by atoms with van der Waals surface area (Å²) in [6.45, 7) is 3.10. The molecule has 1 aromatic heterocycles. The average Bonchev–Trinajstić information content (AvgIpc) is 2.77. The van der Waals surface area contributed by atoms with Gasteiger partial charge in [-0.2, -0.15) is 0 Å². The van der Waals surface area contributed by atoms with Crippen LogP contribution in [0.1, 0.15) is 17.1 Å². The molecule has 0 unspecified atom stereocenters. The first-order valence-electron chi connectivity index (χ1n) is 5.81. The molecule has 0 aliphatic carbocycles. The van der Waals surface area contributed by atoms with Crippen LogP contribution in [0.2, 0.25) is 0 Å². The summed E-state index contributed by atoms with van der Waals surface area (Å²) in [6.07, 6.45) is 0. The first-order valence-corrected chi connectivity index (χ1v) is 5.81. The molecule has 96 valence electrons. The topological polar surface area (TPSA) is 54.6 Å². The van der Waals surface area contributed by atoms with E-state index >= 15 is 0 Å². The van der Waals surface area contributed by atoms with Crippen molar-refractivity contribution in [3.05, 3.63) is 47.4 Å². The summed E-state index contributed by atoms with van der Waals surface area (Å²) in [4.78, 5) is 0. The molecule has 1 heterocycles. The molecule has 1 aromatic carbocycles. The van der Waals surface area contributed by atoms with E-state index in [1.165, 1.54) is 7.11 Å². The summed E-state index contributed by atoms with van der Waals surface area (Å²) in [7, 11) is 1.54. The van der Waals surface area contributed by atoms with Crippen LogP contribution in [0.15, 0.2) is 34.7 Å². The van der Waals surface area contributed by atoms with Crippen molar-refractivity contribution in [3.63, 3.8) is 0 Å². The molecule has 4 heteroatoms. The largest absolute Gasteiger partial charge is 0.504 e. The van der Waals surface area contributed by atoms with Crippen LogP contribution in [0.25, 0.3) is 0 Å². The lowest BCUT2D eigenvalue weighted by Gasteiger charge is -2.09. The number of phenols is 1. The molecule has 2 rings (SSSR count). The van der Waals surface area contributed by atoms with Crippen LogP contribution < -0.4 is 10.1 Å². The number of methoxy groups -OCH3 is 1. The number of ether oxygens (including phenoxy) is 1. The molecule has 0 aliphatic heterocycles. The van der Waals surface area contributed by atoms with Crippen LogP contribution in [0.3, 0.4) is 0 Å². The minimum Gasteiger partial charge on any atom is -0.504 e.